The summed E-state index contributed by atoms with van der Waals surface area (Å²) in [4.78, 5) is 47.0. The Labute approximate surface area is 153 Å². The van der Waals surface area contributed by atoms with Gasteiger partial charge < -0.3 is 32.5 Å². The smallest absolute Gasteiger partial charge is 0.325 e. The predicted octanol–water partition coefficient (Wildman–Crippen LogP) is -1.57. The molecule has 0 saturated heterocycles. The average Bonchev–Trinajstić information content (AvgIpc) is 2.58. The van der Waals surface area contributed by atoms with E-state index in [0.29, 0.717) is 38.8 Å². The zero-order valence-corrected chi connectivity index (χ0v) is 15.4. The fourth-order valence-corrected chi connectivity index (χ4v) is 2.07. The Hall–Kier alpha value is -2.20. The number of carboxylic acids is 1. The van der Waals surface area contributed by atoms with Crippen molar-refractivity contribution < 1.29 is 24.3 Å². The summed E-state index contributed by atoms with van der Waals surface area (Å²) in [5.74, 6) is -2.60. The molecule has 0 aromatic rings. The van der Waals surface area contributed by atoms with E-state index < -0.39 is 35.9 Å². The number of carbonyl (C=O) groups is 4. The molecular formula is C16H31N5O5. The number of unbranched alkanes of at least 4 members (excludes halogenated alkanes) is 1. The van der Waals surface area contributed by atoms with Gasteiger partial charge in [0.25, 0.3) is 0 Å². The van der Waals surface area contributed by atoms with Gasteiger partial charge >= 0.3 is 5.97 Å². The van der Waals surface area contributed by atoms with E-state index in [0.717, 1.165) is 0 Å². The van der Waals surface area contributed by atoms with Crippen molar-refractivity contribution in [3.63, 3.8) is 0 Å². The third-order valence-corrected chi connectivity index (χ3v) is 3.69. The topological polar surface area (TPSA) is 177 Å². The van der Waals surface area contributed by atoms with Crippen molar-refractivity contribution in [3.05, 3.63) is 0 Å². The van der Waals surface area contributed by atoms with Crippen molar-refractivity contribution in [1.82, 2.24) is 16.0 Å². The third-order valence-electron chi connectivity index (χ3n) is 3.69. The highest BCUT2D eigenvalue weighted by atomic mass is 16.4. The Morgan fingerprint density at radius 2 is 1.42 bits per heavy atom. The minimum absolute atomic E-state index is 0.212. The van der Waals surface area contributed by atoms with E-state index in [9.17, 15) is 19.2 Å². The van der Waals surface area contributed by atoms with Gasteiger partial charge in [0.2, 0.25) is 17.7 Å². The highest BCUT2D eigenvalue weighted by Crippen LogP contribution is 2.03. The van der Waals surface area contributed by atoms with Gasteiger partial charge in [-0.1, -0.05) is 0 Å². The second kappa shape index (κ2) is 13.1. The van der Waals surface area contributed by atoms with Gasteiger partial charge in [0.15, 0.2) is 0 Å². The van der Waals surface area contributed by atoms with Crippen molar-refractivity contribution in [2.24, 2.45) is 11.5 Å². The van der Waals surface area contributed by atoms with Crippen LogP contribution in [0, 0.1) is 0 Å². The maximum Gasteiger partial charge on any atom is 0.325 e. The second-order valence-corrected chi connectivity index (χ2v) is 6.10. The van der Waals surface area contributed by atoms with Crippen molar-refractivity contribution in [1.29, 1.82) is 0 Å². The van der Waals surface area contributed by atoms with Gasteiger partial charge in [0.1, 0.15) is 18.1 Å². The molecule has 150 valence electrons. The molecule has 0 heterocycles. The minimum atomic E-state index is -1.18. The lowest BCUT2D eigenvalue weighted by molar-refractivity contribution is -0.141. The summed E-state index contributed by atoms with van der Waals surface area (Å²) >= 11 is 0. The molecule has 10 nitrogen and oxygen atoms in total. The maximum atomic E-state index is 12.4. The van der Waals surface area contributed by atoms with E-state index in [-0.39, 0.29) is 12.3 Å². The van der Waals surface area contributed by atoms with E-state index in [1.165, 1.54) is 13.8 Å². The van der Waals surface area contributed by atoms with E-state index in [2.05, 4.69) is 16.0 Å². The number of nitrogens with two attached hydrogens (primary N) is 2. The molecule has 0 fully saturated rings. The summed E-state index contributed by atoms with van der Waals surface area (Å²) < 4.78 is 0. The highest BCUT2D eigenvalue weighted by Gasteiger charge is 2.25. The number of nitrogens with one attached hydrogen (secondary N) is 3. The zero-order chi connectivity index (χ0) is 20.1. The normalized spacial score (nSPS) is 14.0. The molecule has 0 saturated carbocycles. The van der Waals surface area contributed by atoms with Gasteiger partial charge in [0, 0.05) is 6.42 Å². The number of hydrogen-bond acceptors (Lipinski definition) is 6. The van der Waals surface area contributed by atoms with Crippen LogP contribution in [0.4, 0.5) is 0 Å². The van der Waals surface area contributed by atoms with Crippen LogP contribution < -0.4 is 27.4 Å². The highest BCUT2D eigenvalue weighted by molar-refractivity contribution is 5.93. The molecule has 0 aromatic carbocycles. The summed E-state index contributed by atoms with van der Waals surface area (Å²) in [6.45, 7) is 3.61. The monoisotopic (exact) mass is 373 g/mol. The molecule has 0 rings (SSSR count). The van der Waals surface area contributed by atoms with Crippen molar-refractivity contribution in [3.8, 4) is 0 Å². The van der Waals surface area contributed by atoms with E-state index in [4.69, 9.17) is 16.6 Å². The van der Waals surface area contributed by atoms with Crippen molar-refractivity contribution >= 4 is 23.7 Å². The predicted molar refractivity (Wildman–Crippen MR) is 96.0 cm³/mol. The lowest BCUT2D eigenvalue weighted by Gasteiger charge is -2.22. The molecule has 3 amide bonds. The zero-order valence-electron chi connectivity index (χ0n) is 15.4. The Morgan fingerprint density at radius 1 is 0.846 bits per heavy atom. The summed E-state index contributed by atoms with van der Waals surface area (Å²) in [5, 5.41) is 16.2. The standard InChI is InChI=1S/C16H31N5O5/c1-10(14(23)20-11(2)16(25)26)19-15(24)12(6-3-4-8-17)21-13(22)7-5-9-18/h10-12H,3-9,17-18H2,1-2H3,(H,19,24)(H,20,23)(H,21,22)(H,25,26)/t10-,11-,12+/m1/s1. The molecule has 3 atom stereocenters. The minimum Gasteiger partial charge on any atom is -0.480 e. The quantitative estimate of drug-likeness (QED) is 0.211. The maximum absolute atomic E-state index is 12.4. The van der Waals surface area contributed by atoms with Crippen molar-refractivity contribution in [2.75, 3.05) is 13.1 Å². The number of carbonyl (C=O) groups excluding carboxylic acids is 3. The third kappa shape index (κ3) is 9.94. The molecule has 0 aliphatic rings. The van der Waals surface area contributed by atoms with Crippen LogP contribution in [0.5, 0.6) is 0 Å². The lowest BCUT2D eigenvalue weighted by Crippen LogP contribution is -2.54. The van der Waals surface area contributed by atoms with E-state index in [1.54, 1.807) is 0 Å². The van der Waals surface area contributed by atoms with Gasteiger partial charge in [-0.05, 0) is 52.6 Å². The van der Waals surface area contributed by atoms with E-state index >= 15 is 0 Å². The number of hydrogen-bond donors (Lipinski definition) is 6. The fourth-order valence-electron chi connectivity index (χ4n) is 2.07. The molecule has 26 heavy (non-hydrogen) atoms. The summed E-state index contributed by atoms with van der Waals surface area (Å²) in [6.07, 6.45) is 2.45. The number of aliphatic carboxylic acids is 1. The molecule has 8 N–H and O–H groups in total. The van der Waals surface area contributed by atoms with Gasteiger partial charge in [-0.3, -0.25) is 19.2 Å². The molecule has 0 bridgehead atoms. The molecule has 0 spiro atoms. The first kappa shape index (κ1) is 23.8. The molecule has 10 heteroatoms. The number of rotatable bonds is 13. The van der Waals surface area contributed by atoms with Crippen LogP contribution in [0.2, 0.25) is 0 Å². The summed E-state index contributed by atoms with van der Waals surface area (Å²) in [5.41, 5.74) is 10.8. The Kier molecular flexibility index (Phi) is 12.0. The van der Waals surface area contributed by atoms with Gasteiger partial charge in [-0.25, -0.2) is 0 Å². The van der Waals surface area contributed by atoms with Gasteiger partial charge in [-0.2, -0.15) is 0 Å². The van der Waals surface area contributed by atoms with Crippen LogP contribution >= 0.6 is 0 Å². The molecular weight excluding hydrogens is 342 g/mol. The van der Waals surface area contributed by atoms with Crippen LogP contribution in [0.15, 0.2) is 0 Å². The molecule has 0 aromatic heterocycles. The average molecular weight is 373 g/mol. The SMILES string of the molecule is C[C@@H](NC(=O)[C@@H](C)NC(=O)[C@H](CCCCN)NC(=O)CCCN)C(=O)O. The Balaban J connectivity index is 4.73. The lowest BCUT2D eigenvalue weighted by atomic mass is 10.1. The first-order valence-electron chi connectivity index (χ1n) is 8.76. The van der Waals surface area contributed by atoms with E-state index in [1.807, 2.05) is 0 Å². The van der Waals surface area contributed by atoms with Crippen LogP contribution in [0.25, 0.3) is 0 Å². The Morgan fingerprint density at radius 3 is 1.96 bits per heavy atom. The molecule has 0 unspecified atom stereocenters. The first-order valence-corrected chi connectivity index (χ1v) is 8.76. The second-order valence-electron chi connectivity index (χ2n) is 6.10. The van der Waals surface area contributed by atoms with Gasteiger partial charge in [0.05, 0.1) is 0 Å². The number of carboxylic acid groups (broad SMARTS) is 1. The van der Waals surface area contributed by atoms with Crippen LogP contribution in [0.1, 0.15) is 46.0 Å². The summed E-state index contributed by atoms with van der Waals surface area (Å²) in [6, 6.07) is -2.81. The largest absolute Gasteiger partial charge is 0.480 e. The van der Waals surface area contributed by atoms with Crippen LogP contribution in [-0.2, 0) is 19.2 Å². The first-order chi connectivity index (χ1) is 12.2. The molecule has 0 aliphatic heterocycles. The Bertz CT molecular complexity index is 486. The summed E-state index contributed by atoms with van der Waals surface area (Å²) in [7, 11) is 0. The molecule has 0 aliphatic carbocycles. The number of amides is 3. The fraction of sp³-hybridized carbons (Fsp3) is 0.750. The van der Waals surface area contributed by atoms with Crippen molar-refractivity contribution in [2.45, 2.75) is 64.1 Å². The van der Waals surface area contributed by atoms with Crippen LogP contribution in [0.3, 0.4) is 0 Å². The molecule has 0 radical (unpaired) electrons. The van der Waals surface area contributed by atoms with Crippen LogP contribution in [-0.4, -0.2) is 60.0 Å². The van der Waals surface area contributed by atoms with Gasteiger partial charge in [-0.15, -0.1) is 0 Å².